The van der Waals surface area contributed by atoms with E-state index >= 15 is 0 Å². The molecule has 0 spiro atoms. The van der Waals surface area contributed by atoms with Gasteiger partial charge in [-0.3, -0.25) is 4.79 Å². The van der Waals surface area contributed by atoms with Crippen molar-refractivity contribution >= 4 is 23.2 Å². The molecule has 0 aliphatic carbocycles. The number of halogens is 1. The second kappa shape index (κ2) is 10.4. The summed E-state index contributed by atoms with van der Waals surface area (Å²) in [5, 5.41) is 0.574. The van der Waals surface area contributed by atoms with Crippen molar-refractivity contribution in [1.82, 2.24) is 0 Å². The van der Waals surface area contributed by atoms with E-state index in [0.717, 1.165) is 40.1 Å². The molecular weight excluding hydrogens is 454 g/mol. The number of carbonyl (C=O) groups is 1. The first kappa shape index (κ1) is 23.9. The van der Waals surface area contributed by atoms with Gasteiger partial charge in [-0.25, -0.2) is 0 Å². The zero-order valence-corrected chi connectivity index (χ0v) is 20.5. The summed E-state index contributed by atoms with van der Waals surface area (Å²) < 4.78 is 22.7. The molecule has 0 unspecified atom stereocenters. The van der Waals surface area contributed by atoms with Gasteiger partial charge < -0.3 is 23.8 Å². The number of fused-ring (bicyclic) bond motifs is 1. The van der Waals surface area contributed by atoms with E-state index in [2.05, 4.69) is 6.92 Å². The Labute approximate surface area is 205 Å². The standard InChI is InChI=1S/C27H28ClNO5/c1-5-20-21(7-6-8-24(20)32-3)27-22-13-18(28)10-12-23(22)29(26(30)16-34-27)15-17-9-11-19(31-2)14-25(17)33-4/h6-14,27H,5,15-16H2,1-4H3/t27-/m1/s1. The summed E-state index contributed by atoms with van der Waals surface area (Å²) in [5.41, 5.74) is 4.43. The normalized spacial score (nSPS) is 15.5. The van der Waals surface area contributed by atoms with Gasteiger partial charge in [0.1, 0.15) is 30.0 Å². The lowest BCUT2D eigenvalue weighted by Gasteiger charge is -2.25. The van der Waals surface area contributed by atoms with E-state index in [4.69, 9.17) is 30.5 Å². The number of anilines is 1. The quantitative estimate of drug-likeness (QED) is 0.441. The lowest BCUT2D eigenvalue weighted by Crippen LogP contribution is -2.32. The second-order valence-corrected chi connectivity index (χ2v) is 8.37. The fourth-order valence-electron chi connectivity index (χ4n) is 4.42. The van der Waals surface area contributed by atoms with E-state index in [1.807, 2.05) is 48.5 Å². The van der Waals surface area contributed by atoms with Crippen LogP contribution in [0.2, 0.25) is 5.02 Å². The summed E-state index contributed by atoms with van der Waals surface area (Å²) >= 11 is 6.42. The molecule has 1 amide bonds. The highest BCUT2D eigenvalue weighted by molar-refractivity contribution is 6.30. The number of ether oxygens (including phenoxy) is 4. The number of hydrogen-bond donors (Lipinski definition) is 0. The van der Waals surface area contributed by atoms with E-state index in [1.165, 1.54) is 0 Å². The molecule has 0 N–H and O–H groups in total. The summed E-state index contributed by atoms with van der Waals surface area (Å²) in [5.74, 6) is 1.97. The van der Waals surface area contributed by atoms with E-state index in [9.17, 15) is 4.79 Å². The Bertz CT molecular complexity index is 1200. The van der Waals surface area contributed by atoms with Crippen molar-refractivity contribution in [3.8, 4) is 17.2 Å². The summed E-state index contributed by atoms with van der Waals surface area (Å²) in [7, 11) is 4.86. The number of hydrogen-bond acceptors (Lipinski definition) is 5. The lowest BCUT2D eigenvalue weighted by molar-refractivity contribution is -0.123. The molecule has 34 heavy (non-hydrogen) atoms. The summed E-state index contributed by atoms with van der Waals surface area (Å²) in [4.78, 5) is 15.0. The van der Waals surface area contributed by atoms with Gasteiger partial charge in [-0.15, -0.1) is 0 Å². The zero-order chi connectivity index (χ0) is 24.2. The number of amides is 1. The number of methoxy groups -OCH3 is 3. The Morgan fingerprint density at radius 2 is 1.76 bits per heavy atom. The second-order valence-electron chi connectivity index (χ2n) is 7.93. The molecular formula is C27H28ClNO5. The SMILES string of the molecule is CCc1c(OC)cccc1[C@H]1OCC(=O)N(Cc2ccc(OC)cc2OC)c2ccc(Cl)cc21. The maximum Gasteiger partial charge on any atom is 0.253 e. The topological polar surface area (TPSA) is 57.2 Å². The Morgan fingerprint density at radius 1 is 0.971 bits per heavy atom. The monoisotopic (exact) mass is 481 g/mol. The zero-order valence-electron chi connectivity index (χ0n) is 19.8. The van der Waals surface area contributed by atoms with Crippen LogP contribution >= 0.6 is 11.6 Å². The molecule has 0 radical (unpaired) electrons. The van der Waals surface area contributed by atoms with Crippen LogP contribution in [-0.4, -0.2) is 33.8 Å². The highest BCUT2D eigenvalue weighted by Crippen LogP contribution is 2.41. The van der Waals surface area contributed by atoms with Gasteiger partial charge in [-0.05, 0) is 53.9 Å². The Kier molecular flexibility index (Phi) is 7.29. The molecule has 178 valence electrons. The molecule has 0 bridgehead atoms. The van der Waals surface area contributed by atoms with Crippen molar-refractivity contribution in [2.45, 2.75) is 26.0 Å². The molecule has 0 saturated carbocycles. The molecule has 1 aliphatic rings. The molecule has 4 rings (SSSR count). The van der Waals surface area contributed by atoms with Gasteiger partial charge in [-0.1, -0.05) is 30.7 Å². The van der Waals surface area contributed by atoms with Crippen molar-refractivity contribution in [3.63, 3.8) is 0 Å². The van der Waals surface area contributed by atoms with Crippen LogP contribution in [0.5, 0.6) is 17.2 Å². The van der Waals surface area contributed by atoms with Gasteiger partial charge in [0.15, 0.2) is 0 Å². The summed E-state index contributed by atoms with van der Waals surface area (Å²) in [6.45, 7) is 2.32. The minimum atomic E-state index is -0.467. The predicted octanol–water partition coefficient (Wildman–Crippen LogP) is 5.58. The van der Waals surface area contributed by atoms with Crippen LogP contribution in [0.3, 0.4) is 0 Å². The van der Waals surface area contributed by atoms with Crippen molar-refractivity contribution in [3.05, 3.63) is 81.9 Å². The smallest absolute Gasteiger partial charge is 0.253 e. The average molecular weight is 482 g/mol. The first-order valence-corrected chi connectivity index (χ1v) is 11.5. The molecule has 6 nitrogen and oxygen atoms in total. The van der Waals surface area contributed by atoms with Crippen LogP contribution in [0.1, 0.15) is 35.3 Å². The minimum absolute atomic E-state index is 0.0736. The van der Waals surface area contributed by atoms with E-state index in [0.29, 0.717) is 23.1 Å². The highest BCUT2D eigenvalue weighted by Gasteiger charge is 2.32. The van der Waals surface area contributed by atoms with Crippen molar-refractivity contribution in [2.24, 2.45) is 0 Å². The molecule has 3 aromatic carbocycles. The molecule has 7 heteroatoms. The minimum Gasteiger partial charge on any atom is -0.497 e. The number of carbonyl (C=O) groups excluding carboxylic acids is 1. The third-order valence-electron chi connectivity index (χ3n) is 6.09. The van der Waals surface area contributed by atoms with Crippen LogP contribution < -0.4 is 19.1 Å². The van der Waals surface area contributed by atoms with Crippen LogP contribution in [0.4, 0.5) is 5.69 Å². The van der Waals surface area contributed by atoms with Crippen LogP contribution in [-0.2, 0) is 22.5 Å². The van der Waals surface area contributed by atoms with E-state index < -0.39 is 6.10 Å². The molecule has 0 aromatic heterocycles. The first-order chi connectivity index (χ1) is 16.5. The molecule has 0 saturated heterocycles. The maximum atomic E-state index is 13.3. The van der Waals surface area contributed by atoms with Crippen LogP contribution in [0.25, 0.3) is 0 Å². The summed E-state index contributed by atoms with van der Waals surface area (Å²) in [6, 6.07) is 17.0. The third-order valence-corrected chi connectivity index (χ3v) is 6.32. The highest BCUT2D eigenvalue weighted by atomic mass is 35.5. The fraction of sp³-hybridized carbons (Fsp3) is 0.296. The molecule has 1 heterocycles. The largest absolute Gasteiger partial charge is 0.497 e. The lowest BCUT2D eigenvalue weighted by atomic mass is 9.93. The van der Waals surface area contributed by atoms with Crippen molar-refractivity contribution in [1.29, 1.82) is 0 Å². The Hall–Kier alpha value is -3.22. The summed E-state index contributed by atoms with van der Waals surface area (Å²) in [6.07, 6.45) is 0.293. The van der Waals surface area contributed by atoms with Gasteiger partial charge >= 0.3 is 0 Å². The number of benzene rings is 3. The molecule has 0 fully saturated rings. The van der Waals surface area contributed by atoms with Gasteiger partial charge in [0.2, 0.25) is 0 Å². The van der Waals surface area contributed by atoms with Gasteiger partial charge in [0, 0.05) is 22.2 Å². The van der Waals surface area contributed by atoms with Gasteiger partial charge in [-0.2, -0.15) is 0 Å². The Morgan fingerprint density at radius 3 is 2.47 bits per heavy atom. The third kappa shape index (κ3) is 4.56. The average Bonchev–Trinajstić information content (AvgIpc) is 2.99. The maximum absolute atomic E-state index is 13.3. The predicted molar refractivity (Wildman–Crippen MR) is 132 cm³/mol. The van der Waals surface area contributed by atoms with Crippen LogP contribution in [0.15, 0.2) is 54.6 Å². The number of nitrogens with zero attached hydrogens (tertiary/aromatic N) is 1. The fourth-order valence-corrected chi connectivity index (χ4v) is 4.60. The van der Waals surface area contributed by atoms with Gasteiger partial charge in [0.05, 0.1) is 33.6 Å². The van der Waals surface area contributed by atoms with Gasteiger partial charge in [0.25, 0.3) is 5.91 Å². The molecule has 3 aromatic rings. The van der Waals surface area contributed by atoms with E-state index in [1.54, 1.807) is 32.3 Å². The Balaban J connectivity index is 1.82. The van der Waals surface area contributed by atoms with Crippen LogP contribution in [0, 0.1) is 0 Å². The number of rotatable bonds is 7. The first-order valence-electron chi connectivity index (χ1n) is 11.1. The van der Waals surface area contributed by atoms with Crippen molar-refractivity contribution < 1.29 is 23.7 Å². The van der Waals surface area contributed by atoms with E-state index in [-0.39, 0.29) is 12.5 Å². The van der Waals surface area contributed by atoms with Crippen molar-refractivity contribution in [2.75, 3.05) is 32.8 Å². The molecule has 1 atom stereocenters. The molecule has 1 aliphatic heterocycles.